The van der Waals surface area contributed by atoms with Crippen LogP contribution in [0.25, 0.3) is 10.1 Å². The van der Waals surface area contributed by atoms with Gasteiger partial charge in [0.15, 0.2) is 0 Å². The van der Waals surface area contributed by atoms with E-state index in [1.54, 1.807) is 11.3 Å². The Labute approximate surface area is 111 Å². The molecule has 96 valence electrons. The van der Waals surface area contributed by atoms with E-state index in [0.717, 1.165) is 6.54 Å². The quantitative estimate of drug-likeness (QED) is 0.920. The molecule has 0 radical (unpaired) electrons. The summed E-state index contributed by atoms with van der Waals surface area (Å²) in [5.41, 5.74) is 1.33. The zero-order valence-corrected chi connectivity index (χ0v) is 11.2. The second kappa shape index (κ2) is 4.97. The summed E-state index contributed by atoms with van der Waals surface area (Å²) in [5, 5.41) is 13.4. The summed E-state index contributed by atoms with van der Waals surface area (Å²) in [7, 11) is 2.05. The number of likely N-dealkylation sites (N-methyl/N-ethyl adjacent to an activating group) is 1. The Hall–Kier alpha value is -0.940. The van der Waals surface area contributed by atoms with Crippen LogP contribution < -0.4 is 0 Å². The van der Waals surface area contributed by atoms with Crippen molar-refractivity contribution in [2.45, 2.75) is 18.7 Å². The molecule has 3 nitrogen and oxygen atoms in total. The highest BCUT2D eigenvalue weighted by atomic mass is 32.1. The SMILES string of the molecule is CN(Cc1csc2ccccc12)[C@H]1COC[C@@H]1O. The van der Waals surface area contributed by atoms with Gasteiger partial charge in [-0.05, 0) is 29.4 Å². The zero-order valence-electron chi connectivity index (χ0n) is 10.4. The van der Waals surface area contributed by atoms with Gasteiger partial charge in [-0.3, -0.25) is 4.90 Å². The molecule has 2 heterocycles. The molecule has 0 amide bonds. The van der Waals surface area contributed by atoms with Crippen LogP contribution in [0.3, 0.4) is 0 Å². The first kappa shape index (κ1) is 12.1. The largest absolute Gasteiger partial charge is 0.389 e. The van der Waals surface area contributed by atoms with Crippen molar-refractivity contribution < 1.29 is 9.84 Å². The van der Waals surface area contributed by atoms with E-state index in [1.165, 1.54) is 15.6 Å². The summed E-state index contributed by atoms with van der Waals surface area (Å²) < 4.78 is 6.63. The fourth-order valence-electron chi connectivity index (χ4n) is 2.49. The van der Waals surface area contributed by atoms with Gasteiger partial charge in [-0.25, -0.2) is 0 Å². The molecule has 0 bridgehead atoms. The number of hydrogen-bond acceptors (Lipinski definition) is 4. The number of fused-ring (bicyclic) bond motifs is 1. The van der Waals surface area contributed by atoms with Gasteiger partial charge in [-0.1, -0.05) is 18.2 Å². The van der Waals surface area contributed by atoms with E-state index in [0.29, 0.717) is 13.2 Å². The van der Waals surface area contributed by atoms with Crippen LogP contribution in [-0.4, -0.2) is 42.4 Å². The number of nitrogens with zero attached hydrogens (tertiary/aromatic N) is 1. The molecule has 2 atom stereocenters. The van der Waals surface area contributed by atoms with Crippen molar-refractivity contribution in [2.24, 2.45) is 0 Å². The van der Waals surface area contributed by atoms with Crippen LogP contribution in [0.15, 0.2) is 29.6 Å². The maximum atomic E-state index is 9.84. The molecular weight excluding hydrogens is 246 g/mol. The van der Waals surface area contributed by atoms with Crippen molar-refractivity contribution in [3.63, 3.8) is 0 Å². The van der Waals surface area contributed by atoms with Gasteiger partial charge in [0.2, 0.25) is 0 Å². The maximum absolute atomic E-state index is 9.84. The van der Waals surface area contributed by atoms with Gasteiger partial charge in [-0.15, -0.1) is 11.3 Å². The molecule has 1 aromatic heterocycles. The molecule has 0 saturated carbocycles. The lowest BCUT2D eigenvalue weighted by Crippen LogP contribution is -2.39. The minimum Gasteiger partial charge on any atom is -0.389 e. The van der Waals surface area contributed by atoms with Crippen molar-refractivity contribution in [3.8, 4) is 0 Å². The van der Waals surface area contributed by atoms with Crippen LogP contribution in [0, 0.1) is 0 Å². The Morgan fingerprint density at radius 2 is 2.22 bits per heavy atom. The molecule has 18 heavy (non-hydrogen) atoms. The Morgan fingerprint density at radius 1 is 1.39 bits per heavy atom. The number of ether oxygens (including phenoxy) is 1. The summed E-state index contributed by atoms with van der Waals surface area (Å²) in [6, 6.07) is 8.57. The molecular formula is C14H17NO2S. The fourth-order valence-corrected chi connectivity index (χ4v) is 3.45. The first-order chi connectivity index (χ1) is 8.75. The van der Waals surface area contributed by atoms with E-state index in [9.17, 15) is 5.11 Å². The predicted octanol–water partition coefficient (Wildman–Crippen LogP) is 2.09. The summed E-state index contributed by atoms with van der Waals surface area (Å²) in [6.45, 7) is 1.94. The van der Waals surface area contributed by atoms with E-state index < -0.39 is 0 Å². The van der Waals surface area contributed by atoms with Crippen molar-refractivity contribution >= 4 is 21.4 Å². The Balaban J connectivity index is 1.79. The van der Waals surface area contributed by atoms with Crippen LogP contribution in [0.2, 0.25) is 0 Å². The lowest BCUT2D eigenvalue weighted by atomic mass is 10.1. The molecule has 0 unspecified atom stereocenters. The smallest absolute Gasteiger partial charge is 0.0950 e. The molecule has 0 aliphatic carbocycles. The van der Waals surface area contributed by atoms with Crippen LogP contribution in [-0.2, 0) is 11.3 Å². The van der Waals surface area contributed by atoms with Crippen LogP contribution in [0.1, 0.15) is 5.56 Å². The highest BCUT2D eigenvalue weighted by Crippen LogP contribution is 2.27. The zero-order chi connectivity index (χ0) is 12.5. The van der Waals surface area contributed by atoms with Gasteiger partial charge in [0.25, 0.3) is 0 Å². The summed E-state index contributed by atoms with van der Waals surface area (Å²) in [6.07, 6.45) is -0.361. The minimum absolute atomic E-state index is 0.115. The van der Waals surface area contributed by atoms with Crippen LogP contribution in [0.4, 0.5) is 0 Å². The van der Waals surface area contributed by atoms with E-state index in [4.69, 9.17) is 4.74 Å². The minimum atomic E-state index is -0.361. The Bertz CT molecular complexity index is 539. The lowest BCUT2D eigenvalue weighted by molar-refractivity contribution is 0.0927. The molecule has 4 heteroatoms. The molecule has 1 aromatic carbocycles. The summed E-state index contributed by atoms with van der Waals surface area (Å²) in [4.78, 5) is 2.19. The summed E-state index contributed by atoms with van der Waals surface area (Å²) in [5.74, 6) is 0. The second-order valence-electron chi connectivity index (χ2n) is 4.84. The number of hydrogen-bond donors (Lipinski definition) is 1. The van der Waals surface area contributed by atoms with Crippen molar-refractivity contribution in [1.29, 1.82) is 0 Å². The first-order valence-electron chi connectivity index (χ1n) is 6.17. The number of benzene rings is 1. The van der Waals surface area contributed by atoms with Gasteiger partial charge >= 0.3 is 0 Å². The third-order valence-corrected chi connectivity index (χ3v) is 4.58. The molecule has 1 aliphatic rings. The number of aliphatic hydroxyl groups is 1. The van der Waals surface area contributed by atoms with Gasteiger partial charge in [0, 0.05) is 11.2 Å². The van der Waals surface area contributed by atoms with E-state index >= 15 is 0 Å². The average Bonchev–Trinajstić information content (AvgIpc) is 2.97. The molecule has 0 spiro atoms. The second-order valence-corrected chi connectivity index (χ2v) is 5.76. The van der Waals surface area contributed by atoms with Gasteiger partial charge < -0.3 is 9.84 Å². The van der Waals surface area contributed by atoms with Gasteiger partial charge in [-0.2, -0.15) is 0 Å². The highest BCUT2D eigenvalue weighted by molar-refractivity contribution is 7.17. The lowest BCUT2D eigenvalue weighted by Gasteiger charge is -2.25. The molecule has 1 fully saturated rings. The topological polar surface area (TPSA) is 32.7 Å². The fraction of sp³-hybridized carbons (Fsp3) is 0.429. The molecule has 2 aromatic rings. The molecule has 1 saturated heterocycles. The van der Waals surface area contributed by atoms with Crippen LogP contribution in [0.5, 0.6) is 0 Å². The Morgan fingerprint density at radius 3 is 3.00 bits per heavy atom. The van der Waals surface area contributed by atoms with E-state index in [-0.39, 0.29) is 12.1 Å². The van der Waals surface area contributed by atoms with Gasteiger partial charge in [0.1, 0.15) is 0 Å². The van der Waals surface area contributed by atoms with Crippen molar-refractivity contribution in [3.05, 3.63) is 35.2 Å². The van der Waals surface area contributed by atoms with E-state index in [1.807, 2.05) is 0 Å². The highest BCUT2D eigenvalue weighted by Gasteiger charge is 2.29. The van der Waals surface area contributed by atoms with Crippen LogP contribution >= 0.6 is 11.3 Å². The number of aliphatic hydroxyl groups excluding tert-OH is 1. The molecule has 1 N–H and O–H groups in total. The van der Waals surface area contributed by atoms with Crippen molar-refractivity contribution in [1.82, 2.24) is 4.90 Å². The maximum Gasteiger partial charge on any atom is 0.0950 e. The third-order valence-electron chi connectivity index (χ3n) is 3.57. The summed E-state index contributed by atoms with van der Waals surface area (Å²) >= 11 is 1.78. The van der Waals surface area contributed by atoms with Gasteiger partial charge in [0.05, 0.1) is 25.4 Å². The molecule has 3 rings (SSSR count). The number of rotatable bonds is 3. The average molecular weight is 263 g/mol. The Kier molecular flexibility index (Phi) is 3.35. The predicted molar refractivity (Wildman–Crippen MR) is 73.9 cm³/mol. The number of thiophene rings is 1. The third kappa shape index (κ3) is 2.17. The normalized spacial score (nSPS) is 24.2. The van der Waals surface area contributed by atoms with Crippen molar-refractivity contribution in [2.75, 3.05) is 20.3 Å². The first-order valence-corrected chi connectivity index (χ1v) is 7.05. The monoisotopic (exact) mass is 263 g/mol. The molecule has 1 aliphatic heterocycles. The van der Waals surface area contributed by atoms with E-state index in [2.05, 4.69) is 41.6 Å². The standard InChI is InChI=1S/C14H17NO2S/c1-15(12-7-17-8-13(12)16)6-10-9-18-14-5-3-2-4-11(10)14/h2-5,9,12-13,16H,6-8H2,1H3/t12-,13-/m0/s1.